The highest BCUT2D eigenvalue weighted by Crippen LogP contribution is 2.30. The van der Waals surface area contributed by atoms with Gasteiger partial charge in [-0.1, -0.05) is 23.7 Å². The Balaban J connectivity index is 1.42. The van der Waals surface area contributed by atoms with E-state index in [4.69, 9.17) is 11.6 Å². The van der Waals surface area contributed by atoms with Crippen molar-refractivity contribution in [2.24, 2.45) is 0 Å². The van der Waals surface area contributed by atoms with Crippen molar-refractivity contribution in [1.29, 1.82) is 0 Å². The molecular formula is C27H22ClN5O3S. The van der Waals surface area contributed by atoms with E-state index in [2.05, 4.69) is 20.6 Å². The van der Waals surface area contributed by atoms with E-state index in [-0.39, 0.29) is 30.7 Å². The Morgan fingerprint density at radius 3 is 2.73 bits per heavy atom. The number of halogens is 1. The van der Waals surface area contributed by atoms with E-state index in [1.165, 1.54) is 16.2 Å². The van der Waals surface area contributed by atoms with Crippen molar-refractivity contribution >= 4 is 52.2 Å². The monoisotopic (exact) mass is 531 g/mol. The molecule has 186 valence electrons. The first-order valence-corrected chi connectivity index (χ1v) is 12.7. The van der Waals surface area contributed by atoms with Crippen LogP contribution in [0, 0.1) is 6.92 Å². The van der Waals surface area contributed by atoms with E-state index in [1.807, 2.05) is 25.1 Å². The Hall–Kier alpha value is -4.08. The van der Waals surface area contributed by atoms with Gasteiger partial charge in [0.1, 0.15) is 11.9 Å². The molecule has 1 aromatic carbocycles. The van der Waals surface area contributed by atoms with Crippen molar-refractivity contribution in [2.45, 2.75) is 25.9 Å². The summed E-state index contributed by atoms with van der Waals surface area (Å²) in [5.41, 5.74) is 2.39. The molecule has 8 nitrogen and oxygen atoms in total. The third-order valence-electron chi connectivity index (χ3n) is 5.90. The Labute approximate surface area is 222 Å². The Bertz CT molecular complexity index is 1470. The van der Waals surface area contributed by atoms with Gasteiger partial charge in [-0.15, -0.1) is 11.3 Å². The molecule has 10 heteroatoms. The molecule has 1 aliphatic heterocycles. The van der Waals surface area contributed by atoms with Gasteiger partial charge in [-0.2, -0.15) is 0 Å². The fraction of sp³-hybridized carbons (Fsp3) is 0.148. The standard InChI is InChI=1S/C27H22ClN5O3S/c1-16-5-10-24(30-14-16)32-26(35)23-9-7-19(37-23)15-33-22(13-18-4-2-3-11-29-18)25(34)31-21-12-17(28)6-8-20(21)27(33)36/h2-12,14,22H,13,15H2,1H3,(H,31,34)(H,30,32,35)/t22-/m1/s1. The van der Waals surface area contributed by atoms with Gasteiger partial charge in [0.2, 0.25) is 5.91 Å². The molecule has 1 atom stereocenters. The number of nitrogens with zero attached hydrogens (tertiary/aromatic N) is 3. The number of aromatic nitrogens is 2. The van der Waals surface area contributed by atoms with Crippen LogP contribution in [-0.4, -0.2) is 38.6 Å². The Morgan fingerprint density at radius 1 is 1.11 bits per heavy atom. The first kappa shape index (κ1) is 24.6. The highest BCUT2D eigenvalue weighted by Gasteiger charge is 2.36. The van der Waals surface area contributed by atoms with Gasteiger partial charge in [-0.3, -0.25) is 19.4 Å². The Kier molecular flexibility index (Phi) is 6.98. The second kappa shape index (κ2) is 10.5. The first-order chi connectivity index (χ1) is 17.9. The molecule has 3 aromatic heterocycles. The number of amides is 3. The van der Waals surface area contributed by atoms with Gasteiger partial charge in [0.15, 0.2) is 0 Å². The third-order valence-corrected chi connectivity index (χ3v) is 7.21. The van der Waals surface area contributed by atoms with Crippen LogP contribution in [0.25, 0.3) is 0 Å². The summed E-state index contributed by atoms with van der Waals surface area (Å²) < 4.78 is 0. The number of anilines is 2. The van der Waals surface area contributed by atoms with E-state index >= 15 is 0 Å². The van der Waals surface area contributed by atoms with E-state index in [0.717, 1.165) is 10.4 Å². The molecule has 1 aliphatic rings. The number of thiophene rings is 1. The first-order valence-electron chi connectivity index (χ1n) is 11.5. The van der Waals surface area contributed by atoms with Gasteiger partial charge in [0.05, 0.1) is 22.7 Å². The summed E-state index contributed by atoms with van der Waals surface area (Å²) in [6.45, 7) is 2.06. The van der Waals surface area contributed by atoms with Gasteiger partial charge >= 0.3 is 0 Å². The maximum absolute atomic E-state index is 13.7. The summed E-state index contributed by atoms with van der Waals surface area (Å²) >= 11 is 7.39. The molecule has 0 fully saturated rings. The number of pyridine rings is 2. The molecule has 0 radical (unpaired) electrons. The van der Waals surface area contributed by atoms with E-state index in [1.54, 1.807) is 54.9 Å². The molecular weight excluding hydrogens is 510 g/mol. The third kappa shape index (κ3) is 5.52. The molecule has 0 unspecified atom stereocenters. The zero-order valence-corrected chi connectivity index (χ0v) is 21.3. The fourth-order valence-corrected chi connectivity index (χ4v) is 5.11. The average molecular weight is 532 g/mol. The van der Waals surface area contributed by atoms with Crippen molar-refractivity contribution in [2.75, 3.05) is 10.6 Å². The van der Waals surface area contributed by atoms with E-state index in [0.29, 0.717) is 32.7 Å². The summed E-state index contributed by atoms with van der Waals surface area (Å²) in [6, 6.07) is 16.5. The number of aryl methyl sites for hydroxylation is 1. The van der Waals surface area contributed by atoms with Crippen molar-refractivity contribution in [3.63, 3.8) is 0 Å². The number of hydrogen-bond donors (Lipinski definition) is 2. The molecule has 0 saturated heterocycles. The van der Waals surface area contributed by atoms with E-state index < -0.39 is 6.04 Å². The minimum Gasteiger partial charge on any atom is -0.323 e. The van der Waals surface area contributed by atoms with Crippen LogP contribution in [0.15, 0.2) is 73.1 Å². The van der Waals surface area contributed by atoms with Crippen LogP contribution in [0.1, 0.15) is 36.2 Å². The molecule has 2 N–H and O–H groups in total. The smallest absolute Gasteiger partial charge is 0.266 e. The van der Waals surface area contributed by atoms with Crippen molar-refractivity contribution in [1.82, 2.24) is 14.9 Å². The van der Waals surface area contributed by atoms with Gasteiger partial charge < -0.3 is 15.5 Å². The summed E-state index contributed by atoms with van der Waals surface area (Å²) in [5.74, 6) is -0.484. The maximum atomic E-state index is 13.7. The molecule has 0 saturated carbocycles. The maximum Gasteiger partial charge on any atom is 0.266 e. The quantitative estimate of drug-likeness (QED) is 0.366. The van der Waals surface area contributed by atoms with Crippen molar-refractivity contribution in [3.05, 3.63) is 105 Å². The number of hydrogen-bond acceptors (Lipinski definition) is 6. The van der Waals surface area contributed by atoms with Gasteiger partial charge in [0, 0.05) is 34.4 Å². The SMILES string of the molecule is Cc1ccc(NC(=O)c2ccc(CN3C(=O)c4ccc(Cl)cc4NC(=O)[C@H]3Cc3ccccn3)s2)nc1. The molecule has 0 bridgehead atoms. The highest BCUT2D eigenvalue weighted by atomic mass is 35.5. The molecule has 37 heavy (non-hydrogen) atoms. The van der Waals surface area contributed by atoms with Crippen LogP contribution in [0.5, 0.6) is 0 Å². The average Bonchev–Trinajstić information content (AvgIpc) is 3.33. The second-order valence-electron chi connectivity index (χ2n) is 8.59. The zero-order chi connectivity index (χ0) is 25.9. The molecule has 4 aromatic rings. The van der Waals surface area contributed by atoms with Crippen molar-refractivity contribution < 1.29 is 14.4 Å². The number of rotatable bonds is 6. The molecule has 3 amide bonds. The predicted octanol–water partition coefficient (Wildman–Crippen LogP) is 4.96. The lowest BCUT2D eigenvalue weighted by atomic mass is 10.1. The summed E-state index contributed by atoms with van der Waals surface area (Å²) in [6.07, 6.45) is 3.56. The van der Waals surface area contributed by atoms with Crippen LogP contribution in [0.2, 0.25) is 5.02 Å². The molecule has 5 rings (SSSR count). The Morgan fingerprint density at radius 2 is 1.97 bits per heavy atom. The van der Waals surface area contributed by atoms with Crippen LogP contribution in [0.3, 0.4) is 0 Å². The van der Waals surface area contributed by atoms with Gasteiger partial charge in [-0.25, -0.2) is 4.98 Å². The second-order valence-corrected chi connectivity index (χ2v) is 10.2. The summed E-state index contributed by atoms with van der Waals surface area (Å²) in [7, 11) is 0. The van der Waals surface area contributed by atoms with Gasteiger partial charge in [0.25, 0.3) is 11.8 Å². The largest absolute Gasteiger partial charge is 0.323 e. The lowest BCUT2D eigenvalue weighted by molar-refractivity contribution is -0.120. The zero-order valence-electron chi connectivity index (χ0n) is 19.8. The minimum absolute atomic E-state index is 0.145. The van der Waals surface area contributed by atoms with E-state index in [9.17, 15) is 14.4 Å². The number of benzene rings is 1. The van der Waals surface area contributed by atoms with Crippen LogP contribution in [0.4, 0.5) is 11.5 Å². The summed E-state index contributed by atoms with van der Waals surface area (Å²) in [5, 5.41) is 6.05. The lowest BCUT2D eigenvalue weighted by Crippen LogP contribution is -2.46. The lowest BCUT2D eigenvalue weighted by Gasteiger charge is -2.28. The van der Waals surface area contributed by atoms with Crippen LogP contribution >= 0.6 is 22.9 Å². The molecule has 0 spiro atoms. The number of fused-ring (bicyclic) bond motifs is 1. The fourth-order valence-electron chi connectivity index (χ4n) is 4.03. The van der Waals surface area contributed by atoms with Crippen LogP contribution < -0.4 is 10.6 Å². The molecule has 4 heterocycles. The number of nitrogens with one attached hydrogen (secondary N) is 2. The van der Waals surface area contributed by atoms with Gasteiger partial charge in [-0.05, 0) is 61.0 Å². The van der Waals surface area contributed by atoms with Crippen LogP contribution in [-0.2, 0) is 17.8 Å². The topological polar surface area (TPSA) is 104 Å². The highest BCUT2D eigenvalue weighted by molar-refractivity contribution is 7.14. The number of carbonyl (C=O) groups excluding carboxylic acids is 3. The van der Waals surface area contributed by atoms with Crippen molar-refractivity contribution in [3.8, 4) is 0 Å². The number of carbonyl (C=O) groups is 3. The minimum atomic E-state index is -0.815. The predicted molar refractivity (Wildman–Crippen MR) is 143 cm³/mol. The summed E-state index contributed by atoms with van der Waals surface area (Å²) in [4.78, 5) is 51.1. The molecule has 0 aliphatic carbocycles. The normalized spacial score (nSPS) is 15.1.